The Kier molecular flexibility index (Phi) is 3.21. The van der Waals surface area contributed by atoms with Crippen molar-refractivity contribution in [3.05, 3.63) is 59.9 Å². The van der Waals surface area contributed by atoms with Gasteiger partial charge in [0.05, 0.1) is 0 Å². The molecule has 0 aliphatic heterocycles. The number of hydrogen-bond donors (Lipinski definition) is 0. The molecule has 0 saturated carbocycles. The van der Waals surface area contributed by atoms with Gasteiger partial charge in [-0.3, -0.25) is 0 Å². The molecule has 0 aromatic heterocycles. The summed E-state index contributed by atoms with van der Waals surface area (Å²) in [5.74, 6) is -0.303. The Morgan fingerprint density at radius 3 is 1.81 bits per heavy atom. The lowest BCUT2D eigenvalue weighted by Crippen LogP contribution is -2.06. The molecule has 0 saturated heterocycles. The molecule has 1 atom stereocenters. The second-order valence-electron chi connectivity index (χ2n) is 3.70. The highest BCUT2D eigenvalue weighted by Crippen LogP contribution is 2.19. The molecular weight excluding hydrogens is 222 g/mol. The third-order valence-electron chi connectivity index (χ3n) is 2.42. The first-order valence-corrected chi connectivity index (χ1v) is 6.44. The summed E-state index contributed by atoms with van der Waals surface area (Å²) < 4.78 is 24.8. The number of hydrogen-bond acceptors (Lipinski definition) is 1. The molecule has 0 heterocycles. The molecule has 3 heteroatoms. The van der Waals surface area contributed by atoms with E-state index < -0.39 is 7.80 Å². The van der Waals surface area contributed by atoms with Crippen LogP contribution in [0.1, 0.15) is 5.56 Å². The first-order chi connectivity index (χ1) is 7.66. The van der Waals surface area contributed by atoms with Crippen molar-refractivity contribution in [1.82, 2.24) is 0 Å². The Morgan fingerprint density at radius 1 is 0.875 bits per heavy atom. The average Bonchev–Trinajstić information content (AvgIpc) is 2.30. The van der Waals surface area contributed by atoms with Crippen molar-refractivity contribution in [2.24, 2.45) is 0 Å². The molecule has 0 radical (unpaired) electrons. The summed E-state index contributed by atoms with van der Waals surface area (Å²) in [7, 11) is -1.99. The first-order valence-electron chi connectivity index (χ1n) is 5.04. The SMILES string of the molecule is Cc1ccc([PH](=O)c2ccc(F)cc2)cc1. The lowest BCUT2D eigenvalue weighted by molar-refractivity contribution is 0.598. The predicted molar refractivity (Wildman–Crippen MR) is 65.8 cm³/mol. The van der Waals surface area contributed by atoms with Gasteiger partial charge < -0.3 is 4.57 Å². The quantitative estimate of drug-likeness (QED) is 0.730. The van der Waals surface area contributed by atoms with E-state index in [1.54, 1.807) is 12.1 Å². The molecule has 0 fully saturated rings. The lowest BCUT2D eigenvalue weighted by atomic mass is 10.2. The molecule has 0 aliphatic rings. The van der Waals surface area contributed by atoms with Gasteiger partial charge in [-0.25, -0.2) is 4.39 Å². The van der Waals surface area contributed by atoms with Crippen LogP contribution in [0.15, 0.2) is 48.5 Å². The van der Waals surface area contributed by atoms with Gasteiger partial charge in [0, 0.05) is 10.6 Å². The molecule has 0 amide bonds. The fourth-order valence-corrected chi connectivity index (χ4v) is 2.75. The number of aryl methyl sites for hydroxylation is 1. The van der Waals surface area contributed by atoms with Crippen LogP contribution in [0.4, 0.5) is 4.39 Å². The smallest absolute Gasteiger partial charge is 0.131 e. The fourth-order valence-electron chi connectivity index (χ4n) is 1.47. The van der Waals surface area contributed by atoms with Crippen molar-refractivity contribution in [3.8, 4) is 0 Å². The van der Waals surface area contributed by atoms with Crippen LogP contribution in [0.5, 0.6) is 0 Å². The maximum Gasteiger partial charge on any atom is 0.131 e. The maximum absolute atomic E-state index is 12.7. The van der Waals surface area contributed by atoms with Crippen molar-refractivity contribution in [2.45, 2.75) is 6.92 Å². The van der Waals surface area contributed by atoms with Crippen LogP contribution in [-0.2, 0) is 4.57 Å². The minimum Gasteiger partial charge on any atom is -0.317 e. The highest BCUT2D eigenvalue weighted by atomic mass is 31.1. The van der Waals surface area contributed by atoms with E-state index in [9.17, 15) is 8.96 Å². The van der Waals surface area contributed by atoms with Crippen LogP contribution in [0.2, 0.25) is 0 Å². The van der Waals surface area contributed by atoms with Gasteiger partial charge in [-0.2, -0.15) is 0 Å². The molecule has 2 rings (SSSR count). The van der Waals surface area contributed by atoms with Crippen molar-refractivity contribution < 1.29 is 8.96 Å². The van der Waals surface area contributed by atoms with Gasteiger partial charge >= 0.3 is 0 Å². The summed E-state index contributed by atoms with van der Waals surface area (Å²) in [6.07, 6.45) is 0. The molecule has 1 unspecified atom stereocenters. The highest BCUT2D eigenvalue weighted by molar-refractivity contribution is 7.61. The monoisotopic (exact) mass is 234 g/mol. The maximum atomic E-state index is 12.7. The summed E-state index contributed by atoms with van der Waals surface area (Å²) in [6.45, 7) is 1.99. The van der Waals surface area contributed by atoms with Crippen LogP contribution in [0.25, 0.3) is 0 Å². The molecule has 2 aromatic rings. The van der Waals surface area contributed by atoms with Crippen molar-refractivity contribution in [2.75, 3.05) is 0 Å². The van der Waals surface area contributed by atoms with Crippen molar-refractivity contribution >= 4 is 18.4 Å². The second-order valence-corrected chi connectivity index (χ2v) is 5.51. The minimum absolute atomic E-state index is 0.303. The normalized spacial score (nSPS) is 12.4. The highest BCUT2D eigenvalue weighted by Gasteiger charge is 2.06. The minimum atomic E-state index is -1.99. The standard InChI is InChI=1S/C13H12FOP/c1-10-2-6-12(7-3-10)16(15)13-8-4-11(14)5-9-13/h2-9,16H,1H3. The van der Waals surface area contributed by atoms with Gasteiger partial charge in [-0.15, -0.1) is 0 Å². The lowest BCUT2D eigenvalue weighted by Gasteiger charge is -2.03. The number of benzene rings is 2. The molecule has 0 aliphatic carbocycles. The summed E-state index contributed by atoms with van der Waals surface area (Å²) in [6, 6.07) is 13.4. The van der Waals surface area contributed by atoms with E-state index in [2.05, 4.69) is 0 Å². The summed E-state index contributed by atoms with van der Waals surface area (Å²) in [4.78, 5) is 0. The third kappa shape index (κ3) is 2.40. The second kappa shape index (κ2) is 4.63. The zero-order chi connectivity index (χ0) is 11.5. The Morgan fingerprint density at radius 2 is 1.31 bits per heavy atom. The molecule has 0 N–H and O–H groups in total. The Bertz CT molecular complexity index is 455. The van der Waals surface area contributed by atoms with E-state index in [-0.39, 0.29) is 5.82 Å². The topological polar surface area (TPSA) is 17.1 Å². The summed E-state index contributed by atoms with van der Waals surface area (Å²) >= 11 is 0. The zero-order valence-electron chi connectivity index (χ0n) is 8.91. The Balaban J connectivity index is 2.32. The van der Waals surface area contributed by atoms with Gasteiger partial charge in [0.2, 0.25) is 0 Å². The van der Waals surface area contributed by atoms with Gasteiger partial charge in [0.15, 0.2) is 0 Å². The molecule has 2 aromatic carbocycles. The number of halogens is 1. The van der Waals surface area contributed by atoms with Crippen LogP contribution < -0.4 is 10.6 Å². The molecule has 0 spiro atoms. The van der Waals surface area contributed by atoms with E-state index >= 15 is 0 Å². The summed E-state index contributed by atoms with van der Waals surface area (Å²) in [5.41, 5.74) is 1.14. The van der Waals surface area contributed by atoms with Crippen molar-refractivity contribution in [1.29, 1.82) is 0 Å². The molecule has 1 nitrogen and oxygen atoms in total. The van der Waals surface area contributed by atoms with E-state index in [1.807, 2.05) is 31.2 Å². The Hall–Kier alpha value is -1.40. The van der Waals surface area contributed by atoms with Crippen LogP contribution >= 0.6 is 7.80 Å². The van der Waals surface area contributed by atoms with E-state index in [1.165, 1.54) is 12.1 Å². The average molecular weight is 234 g/mol. The number of rotatable bonds is 2. The van der Waals surface area contributed by atoms with E-state index in [0.717, 1.165) is 10.9 Å². The Labute approximate surface area is 94.7 Å². The third-order valence-corrected chi connectivity index (χ3v) is 4.14. The predicted octanol–water partition coefficient (Wildman–Crippen LogP) is 2.64. The first kappa shape index (κ1) is 11.1. The van der Waals surface area contributed by atoms with Crippen LogP contribution in [0.3, 0.4) is 0 Å². The largest absolute Gasteiger partial charge is 0.317 e. The van der Waals surface area contributed by atoms with Gasteiger partial charge in [0.1, 0.15) is 13.6 Å². The fraction of sp³-hybridized carbons (Fsp3) is 0.0769. The van der Waals surface area contributed by atoms with Crippen LogP contribution in [-0.4, -0.2) is 0 Å². The van der Waals surface area contributed by atoms with E-state index in [4.69, 9.17) is 0 Å². The van der Waals surface area contributed by atoms with Crippen molar-refractivity contribution in [3.63, 3.8) is 0 Å². The van der Waals surface area contributed by atoms with Gasteiger partial charge in [-0.05, 0) is 31.2 Å². The summed E-state index contributed by atoms with van der Waals surface area (Å²) in [5, 5.41) is 1.50. The molecular formula is C13H12FOP. The van der Waals surface area contributed by atoms with Gasteiger partial charge in [0.25, 0.3) is 0 Å². The zero-order valence-corrected chi connectivity index (χ0v) is 9.91. The molecule has 82 valence electrons. The van der Waals surface area contributed by atoms with Gasteiger partial charge in [-0.1, -0.05) is 29.8 Å². The molecule has 0 bridgehead atoms. The molecule has 16 heavy (non-hydrogen) atoms. The van der Waals surface area contributed by atoms with Crippen LogP contribution in [0, 0.1) is 12.7 Å². The van der Waals surface area contributed by atoms with E-state index in [0.29, 0.717) is 5.30 Å².